The van der Waals surface area contributed by atoms with Crippen molar-refractivity contribution in [2.75, 3.05) is 18.9 Å². The van der Waals surface area contributed by atoms with Crippen LogP contribution in [-0.2, 0) is 11.3 Å². The maximum atomic E-state index is 13.8. The van der Waals surface area contributed by atoms with Crippen molar-refractivity contribution in [3.63, 3.8) is 0 Å². The molecule has 2 aromatic rings. The van der Waals surface area contributed by atoms with Gasteiger partial charge in [0.1, 0.15) is 5.52 Å². The lowest BCUT2D eigenvalue weighted by Crippen LogP contribution is -2.08. The van der Waals surface area contributed by atoms with E-state index < -0.39 is 11.6 Å². The van der Waals surface area contributed by atoms with Gasteiger partial charge in [-0.05, 0) is 37.3 Å². The van der Waals surface area contributed by atoms with Gasteiger partial charge in [0.15, 0.2) is 11.6 Å². The van der Waals surface area contributed by atoms with Crippen molar-refractivity contribution in [3.8, 4) is 0 Å². The van der Waals surface area contributed by atoms with Crippen LogP contribution in [0.1, 0.15) is 19.3 Å². The number of halogens is 2. The summed E-state index contributed by atoms with van der Waals surface area (Å²) in [6, 6.07) is 2.50. The third kappa shape index (κ3) is 2.60. The highest BCUT2D eigenvalue weighted by atomic mass is 19.2. The van der Waals surface area contributed by atoms with E-state index in [-0.39, 0.29) is 11.5 Å². The highest BCUT2D eigenvalue weighted by Gasteiger charge is 2.21. The molecule has 1 aliphatic carbocycles. The molecule has 2 N–H and O–H groups in total. The van der Waals surface area contributed by atoms with Gasteiger partial charge in [0.05, 0.1) is 5.52 Å². The second kappa shape index (κ2) is 5.36. The van der Waals surface area contributed by atoms with Crippen LogP contribution < -0.4 is 5.73 Å². The molecule has 0 unspecified atom stereocenters. The largest absolute Gasteiger partial charge is 0.381 e. The fraction of sp³-hybridized carbons (Fsp3) is 0.500. The first kappa shape index (κ1) is 13.3. The highest BCUT2D eigenvalue weighted by molar-refractivity contribution is 5.79. The Morgan fingerprint density at radius 3 is 2.90 bits per heavy atom. The second-order valence-corrected chi connectivity index (χ2v) is 5.22. The SMILES string of the molecule is Nc1nc2ccc(F)c(F)c2n1CCCOCC1CC1. The molecule has 1 aromatic heterocycles. The third-order valence-electron chi connectivity index (χ3n) is 3.55. The molecule has 0 saturated heterocycles. The molecule has 1 saturated carbocycles. The van der Waals surface area contributed by atoms with Crippen molar-refractivity contribution < 1.29 is 13.5 Å². The number of hydrogen-bond donors (Lipinski definition) is 1. The number of benzene rings is 1. The molecule has 20 heavy (non-hydrogen) atoms. The zero-order chi connectivity index (χ0) is 14.1. The standard InChI is InChI=1S/C14H17F2N3O/c15-10-4-5-11-13(12(10)16)19(14(17)18-11)6-1-7-20-8-9-2-3-9/h4-5,9H,1-3,6-8H2,(H2,17,18). The van der Waals surface area contributed by atoms with Crippen LogP contribution in [0.25, 0.3) is 11.0 Å². The van der Waals surface area contributed by atoms with Crippen molar-refractivity contribution in [1.29, 1.82) is 0 Å². The van der Waals surface area contributed by atoms with Gasteiger partial charge in [0.2, 0.25) is 5.95 Å². The predicted molar refractivity (Wildman–Crippen MR) is 72.2 cm³/mol. The first-order valence-electron chi connectivity index (χ1n) is 6.84. The van der Waals surface area contributed by atoms with E-state index in [1.807, 2.05) is 0 Å². The molecule has 0 bridgehead atoms. The van der Waals surface area contributed by atoms with E-state index >= 15 is 0 Å². The number of nitrogens with two attached hydrogens (primary N) is 1. The van der Waals surface area contributed by atoms with E-state index in [0.717, 1.165) is 18.6 Å². The van der Waals surface area contributed by atoms with Crippen LogP contribution in [0.3, 0.4) is 0 Å². The van der Waals surface area contributed by atoms with Crippen molar-refractivity contribution in [1.82, 2.24) is 9.55 Å². The lowest BCUT2D eigenvalue weighted by Gasteiger charge is -2.07. The molecule has 0 amide bonds. The van der Waals surface area contributed by atoms with Gasteiger partial charge < -0.3 is 15.0 Å². The molecule has 0 aliphatic heterocycles. The fourth-order valence-electron chi connectivity index (χ4n) is 2.26. The van der Waals surface area contributed by atoms with Gasteiger partial charge in [-0.25, -0.2) is 13.8 Å². The third-order valence-corrected chi connectivity index (χ3v) is 3.55. The summed E-state index contributed by atoms with van der Waals surface area (Å²) in [5.74, 6) is -0.860. The van der Waals surface area contributed by atoms with Crippen LogP contribution in [0.4, 0.5) is 14.7 Å². The van der Waals surface area contributed by atoms with Crippen LogP contribution >= 0.6 is 0 Å². The quantitative estimate of drug-likeness (QED) is 0.828. The van der Waals surface area contributed by atoms with Crippen molar-refractivity contribution in [3.05, 3.63) is 23.8 Å². The number of rotatable bonds is 6. The fourth-order valence-corrected chi connectivity index (χ4v) is 2.26. The van der Waals surface area contributed by atoms with E-state index in [2.05, 4.69) is 4.98 Å². The number of nitrogens with zero attached hydrogens (tertiary/aromatic N) is 2. The number of aryl methyl sites for hydroxylation is 1. The molecule has 0 spiro atoms. The smallest absolute Gasteiger partial charge is 0.201 e. The molecular formula is C14H17F2N3O. The summed E-state index contributed by atoms with van der Waals surface area (Å²) in [7, 11) is 0. The predicted octanol–water partition coefficient (Wildman–Crippen LogP) is 2.71. The molecule has 6 heteroatoms. The maximum absolute atomic E-state index is 13.8. The van der Waals surface area contributed by atoms with Crippen LogP contribution in [0.2, 0.25) is 0 Å². The molecule has 1 aliphatic rings. The lowest BCUT2D eigenvalue weighted by atomic mass is 10.3. The molecular weight excluding hydrogens is 264 g/mol. The monoisotopic (exact) mass is 281 g/mol. The van der Waals surface area contributed by atoms with E-state index in [0.29, 0.717) is 25.1 Å². The maximum Gasteiger partial charge on any atom is 0.201 e. The summed E-state index contributed by atoms with van der Waals surface area (Å²) in [5.41, 5.74) is 6.27. The van der Waals surface area contributed by atoms with E-state index in [9.17, 15) is 8.78 Å². The number of anilines is 1. The minimum absolute atomic E-state index is 0.129. The number of hydrogen-bond acceptors (Lipinski definition) is 3. The Labute approximate surface area is 115 Å². The van der Waals surface area contributed by atoms with Gasteiger partial charge in [0, 0.05) is 19.8 Å². The number of fused-ring (bicyclic) bond motifs is 1. The number of ether oxygens (including phenoxy) is 1. The minimum atomic E-state index is -0.898. The van der Waals surface area contributed by atoms with Gasteiger partial charge in [-0.15, -0.1) is 0 Å². The Kier molecular flexibility index (Phi) is 3.56. The zero-order valence-corrected chi connectivity index (χ0v) is 11.1. The van der Waals surface area contributed by atoms with Gasteiger partial charge in [-0.2, -0.15) is 0 Å². The average Bonchev–Trinajstić information content (AvgIpc) is 3.18. The Morgan fingerprint density at radius 1 is 1.35 bits per heavy atom. The Bertz CT molecular complexity index is 622. The first-order valence-corrected chi connectivity index (χ1v) is 6.84. The van der Waals surface area contributed by atoms with E-state index in [4.69, 9.17) is 10.5 Å². The number of imidazole rings is 1. The lowest BCUT2D eigenvalue weighted by molar-refractivity contribution is 0.119. The minimum Gasteiger partial charge on any atom is -0.381 e. The molecule has 1 aromatic carbocycles. The molecule has 0 radical (unpaired) electrons. The summed E-state index contributed by atoms with van der Waals surface area (Å²) in [6.45, 7) is 1.85. The molecule has 1 heterocycles. The van der Waals surface area contributed by atoms with Crippen LogP contribution in [-0.4, -0.2) is 22.8 Å². The van der Waals surface area contributed by atoms with Crippen molar-refractivity contribution >= 4 is 17.0 Å². The van der Waals surface area contributed by atoms with Crippen molar-refractivity contribution in [2.24, 2.45) is 5.92 Å². The second-order valence-electron chi connectivity index (χ2n) is 5.22. The number of aromatic nitrogens is 2. The molecule has 1 fully saturated rings. The van der Waals surface area contributed by atoms with Crippen LogP contribution in [0.5, 0.6) is 0 Å². The summed E-state index contributed by atoms with van der Waals surface area (Å²) in [5, 5.41) is 0. The summed E-state index contributed by atoms with van der Waals surface area (Å²) in [4.78, 5) is 4.05. The molecule has 4 nitrogen and oxygen atoms in total. The van der Waals surface area contributed by atoms with Crippen LogP contribution in [0, 0.1) is 17.6 Å². The van der Waals surface area contributed by atoms with Gasteiger partial charge in [0.25, 0.3) is 0 Å². The van der Waals surface area contributed by atoms with Gasteiger partial charge in [-0.3, -0.25) is 0 Å². The van der Waals surface area contributed by atoms with E-state index in [1.165, 1.54) is 23.5 Å². The first-order chi connectivity index (χ1) is 9.66. The Hall–Kier alpha value is -1.69. The summed E-state index contributed by atoms with van der Waals surface area (Å²) >= 11 is 0. The zero-order valence-electron chi connectivity index (χ0n) is 11.1. The average molecular weight is 281 g/mol. The van der Waals surface area contributed by atoms with Gasteiger partial charge in [-0.1, -0.05) is 0 Å². The van der Waals surface area contributed by atoms with Crippen molar-refractivity contribution in [2.45, 2.75) is 25.8 Å². The molecule has 108 valence electrons. The summed E-state index contributed by atoms with van der Waals surface area (Å²) < 4.78 is 34.2. The Morgan fingerprint density at radius 2 is 2.15 bits per heavy atom. The van der Waals surface area contributed by atoms with Crippen LogP contribution in [0.15, 0.2) is 12.1 Å². The topological polar surface area (TPSA) is 53.1 Å². The van der Waals surface area contributed by atoms with E-state index in [1.54, 1.807) is 0 Å². The van der Waals surface area contributed by atoms with Gasteiger partial charge >= 0.3 is 0 Å². The highest BCUT2D eigenvalue weighted by Crippen LogP contribution is 2.29. The number of nitrogen functional groups attached to an aromatic ring is 1. The molecule has 0 atom stereocenters. The molecule has 3 rings (SSSR count). The normalized spacial score (nSPS) is 15.1. The summed E-state index contributed by atoms with van der Waals surface area (Å²) in [6.07, 6.45) is 3.20. The Balaban J connectivity index is 1.69.